The van der Waals surface area contributed by atoms with Gasteiger partial charge in [0.2, 0.25) is 11.8 Å². The Bertz CT molecular complexity index is 514. The molecule has 108 valence electrons. The number of anilines is 2. The van der Waals surface area contributed by atoms with Gasteiger partial charge in [0.05, 0.1) is 0 Å². The number of hydrogen-bond donors (Lipinski definition) is 2. The van der Waals surface area contributed by atoms with Crippen LogP contribution in [0.4, 0.5) is 11.4 Å². The van der Waals surface area contributed by atoms with Gasteiger partial charge in [-0.05, 0) is 43.7 Å². The Balaban J connectivity index is 2.11. The zero-order chi connectivity index (χ0) is 14.5. The van der Waals surface area contributed by atoms with Crippen molar-refractivity contribution in [1.82, 2.24) is 5.32 Å². The second-order valence-corrected chi connectivity index (χ2v) is 5.02. The van der Waals surface area contributed by atoms with Crippen LogP contribution in [0.2, 0.25) is 0 Å². The maximum atomic E-state index is 11.7. The zero-order valence-corrected chi connectivity index (χ0v) is 12.0. The van der Waals surface area contributed by atoms with Crippen LogP contribution in [0.3, 0.4) is 0 Å². The summed E-state index contributed by atoms with van der Waals surface area (Å²) in [6, 6.07) is 5.75. The molecule has 1 aromatic carbocycles. The Kier molecular flexibility index (Phi) is 4.74. The first kappa shape index (κ1) is 14.5. The minimum Gasteiger partial charge on any atom is -0.326 e. The van der Waals surface area contributed by atoms with Crippen molar-refractivity contribution in [3.05, 3.63) is 23.8 Å². The molecule has 0 aliphatic carbocycles. The molecule has 1 aliphatic rings. The molecular formula is C15H21N3O2. The van der Waals surface area contributed by atoms with E-state index in [1.165, 1.54) is 0 Å². The third-order valence-corrected chi connectivity index (χ3v) is 3.46. The molecule has 0 saturated heterocycles. The first-order chi connectivity index (χ1) is 9.61. The van der Waals surface area contributed by atoms with Crippen molar-refractivity contribution in [3.8, 4) is 0 Å². The van der Waals surface area contributed by atoms with E-state index in [4.69, 9.17) is 0 Å². The van der Waals surface area contributed by atoms with Crippen LogP contribution in [0.15, 0.2) is 18.2 Å². The predicted octanol–water partition coefficient (Wildman–Crippen LogP) is 1.53. The number of nitrogens with zero attached hydrogens (tertiary/aromatic N) is 1. The van der Waals surface area contributed by atoms with E-state index in [-0.39, 0.29) is 11.8 Å². The predicted molar refractivity (Wildman–Crippen MR) is 80.0 cm³/mol. The fraction of sp³-hybridized carbons (Fsp3) is 0.467. The van der Waals surface area contributed by atoms with Gasteiger partial charge in [0.1, 0.15) is 0 Å². The van der Waals surface area contributed by atoms with Crippen LogP contribution < -0.4 is 15.5 Å². The molecule has 0 bridgehead atoms. The third-order valence-electron chi connectivity index (χ3n) is 3.46. The lowest BCUT2D eigenvalue weighted by Gasteiger charge is -2.29. The smallest absolute Gasteiger partial charge is 0.225 e. The number of fused-ring (bicyclic) bond motifs is 1. The highest BCUT2D eigenvalue weighted by molar-refractivity contribution is 5.94. The molecule has 2 rings (SSSR count). The van der Waals surface area contributed by atoms with Crippen molar-refractivity contribution in [1.29, 1.82) is 0 Å². The molecule has 5 nitrogen and oxygen atoms in total. The Hall–Kier alpha value is -1.88. The lowest BCUT2D eigenvalue weighted by molar-refractivity contribution is -0.117. The van der Waals surface area contributed by atoms with Crippen LogP contribution in [-0.2, 0) is 16.0 Å². The highest BCUT2D eigenvalue weighted by Gasteiger charge is 2.20. The number of carbonyl (C=O) groups is 2. The number of nitrogens with one attached hydrogen (secondary N) is 2. The van der Waals surface area contributed by atoms with Gasteiger partial charge in [-0.3, -0.25) is 9.59 Å². The number of aryl methyl sites for hydroxylation is 1. The molecule has 0 atom stereocenters. The van der Waals surface area contributed by atoms with Crippen molar-refractivity contribution in [2.45, 2.75) is 26.2 Å². The molecule has 2 amide bonds. The summed E-state index contributed by atoms with van der Waals surface area (Å²) in [4.78, 5) is 25.1. The van der Waals surface area contributed by atoms with Crippen LogP contribution in [0.5, 0.6) is 0 Å². The Morgan fingerprint density at radius 3 is 2.85 bits per heavy atom. The van der Waals surface area contributed by atoms with Gasteiger partial charge in [0.25, 0.3) is 0 Å². The van der Waals surface area contributed by atoms with Crippen molar-refractivity contribution >= 4 is 23.2 Å². The summed E-state index contributed by atoms with van der Waals surface area (Å²) in [5.74, 6) is 0.0651. The summed E-state index contributed by atoms with van der Waals surface area (Å²) in [6.45, 7) is 3.02. The van der Waals surface area contributed by atoms with E-state index in [1.807, 2.05) is 25.2 Å². The van der Waals surface area contributed by atoms with Crippen molar-refractivity contribution in [2.75, 3.05) is 30.4 Å². The van der Waals surface area contributed by atoms with Crippen LogP contribution in [-0.4, -0.2) is 32.0 Å². The van der Waals surface area contributed by atoms with E-state index in [9.17, 15) is 9.59 Å². The summed E-state index contributed by atoms with van der Waals surface area (Å²) in [5, 5.41) is 5.84. The molecule has 1 heterocycles. The SMILES string of the molecule is CNCCC(=O)Nc1ccc2c(c1)CCCN2C(C)=O. The van der Waals surface area contributed by atoms with E-state index in [2.05, 4.69) is 10.6 Å². The van der Waals surface area contributed by atoms with E-state index >= 15 is 0 Å². The largest absolute Gasteiger partial charge is 0.326 e. The minimum absolute atomic E-state index is 0.00136. The van der Waals surface area contributed by atoms with Crippen LogP contribution in [0.1, 0.15) is 25.3 Å². The van der Waals surface area contributed by atoms with Gasteiger partial charge in [-0.25, -0.2) is 0 Å². The highest BCUT2D eigenvalue weighted by Crippen LogP contribution is 2.29. The first-order valence-electron chi connectivity index (χ1n) is 6.97. The third kappa shape index (κ3) is 3.36. The van der Waals surface area contributed by atoms with Crippen LogP contribution in [0, 0.1) is 0 Å². The minimum atomic E-state index is -0.00136. The normalized spacial score (nSPS) is 13.8. The average molecular weight is 275 g/mol. The quantitative estimate of drug-likeness (QED) is 0.876. The number of carbonyl (C=O) groups excluding carboxylic acids is 2. The van der Waals surface area contributed by atoms with E-state index < -0.39 is 0 Å². The number of amides is 2. The second-order valence-electron chi connectivity index (χ2n) is 5.02. The Labute approximate surface area is 119 Å². The summed E-state index contributed by atoms with van der Waals surface area (Å²) >= 11 is 0. The summed E-state index contributed by atoms with van der Waals surface area (Å²) in [6.07, 6.45) is 2.36. The van der Waals surface area contributed by atoms with Crippen molar-refractivity contribution in [2.24, 2.45) is 0 Å². The van der Waals surface area contributed by atoms with Gasteiger partial charge in [0, 0.05) is 37.8 Å². The molecule has 0 aromatic heterocycles. The maximum absolute atomic E-state index is 11.7. The molecule has 0 unspecified atom stereocenters. The van der Waals surface area contributed by atoms with Gasteiger partial charge >= 0.3 is 0 Å². The molecule has 0 saturated carbocycles. The van der Waals surface area contributed by atoms with Crippen LogP contribution in [0.25, 0.3) is 0 Å². The summed E-state index contributed by atoms with van der Waals surface area (Å²) < 4.78 is 0. The van der Waals surface area contributed by atoms with Crippen molar-refractivity contribution in [3.63, 3.8) is 0 Å². The molecule has 2 N–H and O–H groups in total. The zero-order valence-electron chi connectivity index (χ0n) is 12.0. The lowest BCUT2D eigenvalue weighted by atomic mass is 10.0. The van der Waals surface area contributed by atoms with Gasteiger partial charge in [-0.2, -0.15) is 0 Å². The van der Waals surface area contributed by atoms with Crippen LogP contribution >= 0.6 is 0 Å². The van der Waals surface area contributed by atoms with Crippen molar-refractivity contribution < 1.29 is 9.59 Å². The Morgan fingerprint density at radius 1 is 1.35 bits per heavy atom. The van der Waals surface area contributed by atoms with E-state index in [1.54, 1.807) is 11.8 Å². The molecule has 0 radical (unpaired) electrons. The van der Waals surface area contributed by atoms with Gasteiger partial charge in [-0.1, -0.05) is 0 Å². The molecule has 0 fully saturated rings. The summed E-state index contributed by atoms with van der Waals surface area (Å²) in [5.41, 5.74) is 2.89. The average Bonchev–Trinajstić information content (AvgIpc) is 2.44. The fourth-order valence-electron chi connectivity index (χ4n) is 2.46. The summed E-state index contributed by atoms with van der Waals surface area (Å²) in [7, 11) is 1.82. The maximum Gasteiger partial charge on any atom is 0.225 e. The Morgan fingerprint density at radius 2 is 2.15 bits per heavy atom. The number of hydrogen-bond acceptors (Lipinski definition) is 3. The highest BCUT2D eigenvalue weighted by atomic mass is 16.2. The molecule has 20 heavy (non-hydrogen) atoms. The topological polar surface area (TPSA) is 61.4 Å². The first-order valence-corrected chi connectivity index (χ1v) is 6.97. The van der Waals surface area contributed by atoms with Gasteiger partial charge < -0.3 is 15.5 Å². The fourth-order valence-corrected chi connectivity index (χ4v) is 2.46. The lowest BCUT2D eigenvalue weighted by Crippen LogP contribution is -2.33. The van der Waals surface area contributed by atoms with E-state index in [0.29, 0.717) is 13.0 Å². The van der Waals surface area contributed by atoms with E-state index in [0.717, 1.165) is 36.3 Å². The van der Waals surface area contributed by atoms with Gasteiger partial charge in [0.15, 0.2) is 0 Å². The molecule has 5 heteroatoms. The molecule has 0 spiro atoms. The number of benzene rings is 1. The number of rotatable bonds is 4. The molecular weight excluding hydrogens is 254 g/mol. The molecule has 1 aromatic rings. The van der Waals surface area contributed by atoms with Gasteiger partial charge in [-0.15, -0.1) is 0 Å². The second kappa shape index (κ2) is 6.52. The molecule has 1 aliphatic heterocycles. The standard InChI is InChI=1S/C15H21N3O2/c1-11(19)18-9-3-4-12-10-13(5-6-14(12)18)17-15(20)7-8-16-2/h5-6,10,16H,3-4,7-9H2,1-2H3,(H,17,20). The monoisotopic (exact) mass is 275 g/mol.